The first kappa shape index (κ1) is 32.8. The molecule has 44 heavy (non-hydrogen) atoms. The SMILES string of the molecule is CCCC(=O)O[C@H]1C[C@@]23COC(=O)[C@@H](O)[C@H](C)CCO[C@@H]([C@H](C)O)/C=C/C=C/C(=O)O[C@@H]4C[C@@H](O[C@@H]2C=C1C)[C@@]1(CO1)[C@]43C. The molecule has 0 aromatic heterocycles. The maximum atomic E-state index is 13.3. The fourth-order valence-corrected chi connectivity index (χ4v) is 7.59. The molecule has 2 saturated heterocycles. The van der Waals surface area contributed by atoms with Crippen molar-refractivity contribution in [3.05, 3.63) is 36.0 Å². The van der Waals surface area contributed by atoms with E-state index in [0.29, 0.717) is 25.9 Å². The number of aliphatic hydroxyl groups excluding tert-OH is 2. The first-order valence-corrected chi connectivity index (χ1v) is 15.8. The van der Waals surface area contributed by atoms with Crippen LogP contribution in [0.1, 0.15) is 66.7 Å². The molecule has 2 spiro atoms. The van der Waals surface area contributed by atoms with E-state index < -0.39 is 70.9 Å². The van der Waals surface area contributed by atoms with Crippen molar-refractivity contribution in [2.45, 2.75) is 115 Å². The van der Waals surface area contributed by atoms with Crippen molar-refractivity contribution in [3.63, 3.8) is 0 Å². The van der Waals surface area contributed by atoms with Gasteiger partial charge in [-0.25, -0.2) is 9.59 Å². The number of carbonyl (C=O) groups excluding carboxylic acids is 3. The highest BCUT2D eigenvalue weighted by Gasteiger charge is 2.83. The molecule has 3 fully saturated rings. The van der Waals surface area contributed by atoms with Crippen LogP contribution in [0.2, 0.25) is 0 Å². The molecule has 5 aliphatic rings. The van der Waals surface area contributed by atoms with Crippen LogP contribution < -0.4 is 0 Å². The van der Waals surface area contributed by atoms with Gasteiger partial charge in [-0.15, -0.1) is 0 Å². The first-order chi connectivity index (χ1) is 20.9. The molecule has 244 valence electrons. The van der Waals surface area contributed by atoms with E-state index in [1.165, 1.54) is 12.2 Å². The molecular formula is C33H46O11. The second-order valence-corrected chi connectivity index (χ2v) is 13.2. The minimum absolute atomic E-state index is 0.173. The van der Waals surface area contributed by atoms with Crippen LogP contribution in [0.25, 0.3) is 0 Å². The summed E-state index contributed by atoms with van der Waals surface area (Å²) in [6.45, 7) is 9.49. The summed E-state index contributed by atoms with van der Waals surface area (Å²) in [6.07, 6.45) is 4.81. The number of rotatable bonds is 4. The largest absolute Gasteiger partial charge is 0.463 e. The zero-order valence-corrected chi connectivity index (χ0v) is 26.2. The molecule has 0 aromatic carbocycles. The highest BCUT2D eigenvalue weighted by molar-refractivity contribution is 5.82. The number of carbonyl (C=O) groups is 3. The minimum atomic E-state index is -1.43. The van der Waals surface area contributed by atoms with E-state index in [2.05, 4.69) is 0 Å². The average Bonchev–Trinajstić information content (AvgIpc) is 3.75. The number of aliphatic hydroxyl groups is 2. The molecule has 1 saturated carbocycles. The molecule has 0 radical (unpaired) electrons. The fourth-order valence-electron chi connectivity index (χ4n) is 7.59. The number of esters is 3. The number of hydrogen-bond donors (Lipinski definition) is 2. The zero-order valence-electron chi connectivity index (χ0n) is 26.2. The smallest absolute Gasteiger partial charge is 0.335 e. The summed E-state index contributed by atoms with van der Waals surface area (Å²) in [6, 6.07) is 0. The number of hydrogen-bond acceptors (Lipinski definition) is 11. The van der Waals surface area contributed by atoms with Crippen molar-refractivity contribution < 1.29 is 53.0 Å². The molecule has 0 unspecified atom stereocenters. The molecule has 2 bridgehead atoms. The predicted octanol–water partition coefficient (Wildman–Crippen LogP) is 2.72. The Labute approximate surface area is 258 Å². The quantitative estimate of drug-likeness (QED) is 0.207. The summed E-state index contributed by atoms with van der Waals surface area (Å²) in [5.41, 5.74) is -1.86. The van der Waals surface area contributed by atoms with E-state index in [1.807, 2.05) is 26.8 Å². The summed E-state index contributed by atoms with van der Waals surface area (Å²) in [5, 5.41) is 21.1. The van der Waals surface area contributed by atoms with Crippen LogP contribution in [0.5, 0.6) is 0 Å². The van der Waals surface area contributed by atoms with Gasteiger partial charge in [0.25, 0.3) is 0 Å². The second kappa shape index (κ2) is 12.7. The van der Waals surface area contributed by atoms with E-state index in [9.17, 15) is 24.6 Å². The van der Waals surface area contributed by atoms with E-state index in [-0.39, 0.29) is 38.1 Å². The third-order valence-corrected chi connectivity index (χ3v) is 10.5. The van der Waals surface area contributed by atoms with Gasteiger partial charge in [-0.1, -0.05) is 45.1 Å². The Balaban J connectivity index is 1.54. The molecule has 5 rings (SSSR count). The van der Waals surface area contributed by atoms with E-state index in [1.54, 1.807) is 26.0 Å². The Morgan fingerprint density at radius 1 is 1.20 bits per heavy atom. The van der Waals surface area contributed by atoms with Gasteiger partial charge in [0.05, 0.1) is 35.7 Å². The average molecular weight is 619 g/mol. The summed E-state index contributed by atoms with van der Waals surface area (Å²) in [5.74, 6) is -2.19. The first-order valence-electron chi connectivity index (χ1n) is 15.8. The minimum Gasteiger partial charge on any atom is -0.463 e. The lowest BCUT2D eigenvalue weighted by atomic mass is 9.51. The molecule has 0 aromatic rings. The van der Waals surface area contributed by atoms with Gasteiger partial charge in [0, 0.05) is 31.9 Å². The standard InChI is InChI=1S/C33H46O11/c1-6-9-27(35)42-23-16-32-17-40-30(38)29(37)19(2)12-13-39-22(21(4)34)10-7-8-11-28(36)44-24-15-26(43-25(32)14-20(23)3)33(18-41-33)31(24,32)5/h7-8,10-11,14,19,21-26,29,34,37H,6,9,12-13,15-18H2,1-5H3/b10-7+,11-8+/t19-,21+,22-,23+,24-,25-,26-,29+,31-,32-,33+/m1/s1. The monoisotopic (exact) mass is 618 g/mol. The number of epoxide rings is 1. The van der Waals surface area contributed by atoms with Crippen molar-refractivity contribution in [1.82, 2.24) is 0 Å². The Hall–Kier alpha value is -2.57. The predicted molar refractivity (Wildman–Crippen MR) is 156 cm³/mol. The molecule has 11 atom stereocenters. The lowest BCUT2D eigenvalue weighted by molar-refractivity contribution is -0.242. The van der Waals surface area contributed by atoms with Gasteiger partial charge in [-0.05, 0) is 38.2 Å². The molecule has 2 aliphatic carbocycles. The van der Waals surface area contributed by atoms with Crippen molar-refractivity contribution in [2.24, 2.45) is 16.7 Å². The third-order valence-electron chi connectivity index (χ3n) is 10.5. The second-order valence-electron chi connectivity index (χ2n) is 13.2. The van der Waals surface area contributed by atoms with Crippen LogP contribution in [0, 0.1) is 16.7 Å². The van der Waals surface area contributed by atoms with Crippen molar-refractivity contribution >= 4 is 17.9 Å². The van der Waals surface area contributed by atoms with Crippen LogP contribution in [-0.2, 0) is 42.8 Å². The van der Waals surface area contributed by atoms with Crippen molar-refractivity contribution in [3.8, 4) is 0 Å². The van der Waals surface area contributed by atoms with E-state index in [4.69, 9.17) is 28.4 Å². The van der Waals surface area contributed by atoms with Crippen LogP contribution >= 0.6 is 0 Å². The molecule has 2 N–H and O–H groups in total. The van der Waals surface area contributed by atoms with Gasteiger partial charge in [-0.3, -0.25) is 4.79 Å². The molecule has 0 amide bonds. The van der Waals surface area contributed by atoms with E-state index in [0.717, 1.165) is 5.57 Å². The topological polar surface area (TPSA) is 150 Å². The number of cyclic esters (lactones) is 1. The lowest BCUT2D eigenvalue weighted by Crippen LogP contribution is -2.68. The number of ether oxygens (including phenoxy) is 6. The van der Waals surface area contributed by atoms with Gasteiger partial charge in [0.2, 0.25) is 0 Å². The van der Waals surface area contributed by atoms with Crippen molar-refractivity contribution in [1.29, 1.82) is 0 Å². The Morgan fingerprint density at radius 3 is 2.64 bits per heavy atom. The maximum absolute atomic E-state index is 13.3. The normalized spacial score (nSPS) is 44.6. The van der Waals surface area contributed by atoms with Crippen LogP contribution in [0.3, 0.4) is 0 Å². The molecular weight excluding hydrogens is 572 g/mol. The fraction of sp³-hybridized carbons (Fsp3) is 0.727. The summed E-state index contributed by atoms with van der Waals surface area (Å²) >= 11 is 0. The summed E-state index contributed by atoms with van der Waals surface area (Å²) < 4.78 is 36.6. The van der Waals surface area contributed by atoms with Crippen molar-refractivity contribution in [2.75, 3.05) is 19.8 Å². The Kier molecular flexibility index (Phi) is 9.45. The summed E-state index contributed by atoms with van der Waals surface area (Å²) in [4.78, 5) is 39.2. The highest BCUT2D eigenvalue weighted by atomic mass is 16.6. The van der Waals surface area contributed by atoms with Gasteiger partial charge < -0.3 is 38.6 Å². The maximum Gasteiger partial charge on any atom is 0.335 e. The van der Waals surface area contributed by atoms with Crippen LogP contribution in [0.15, 0.2) is 36.0 Å². The third kappa shape index (κ3) is 5.66. The van der Waals surface area contributed by atoms with Gasteiger partial charge in [-0.2, -0.15) is 0 Å². The summed E-state index contributed by atoms with van der Waals surface area (Å²) in [7, 11) is 0. The van der Waals surface area contributed by atoms with Crippen LogP contribution in [0.4, 0.5) is 0 Å². The van der Waals surface area contributed by atoms with Gasteiger partial charge in [0.15, 0.2) is 6.10 Å². The highest BCUT2D eigenvalue weighted by Crippen LogP contribution is 2.72. The molecule has 11 heteroatoms. The Morgan fingerprint density at radius 2 is 1.95 bits per heavy atom. The lowest BCUT2D eigenvalue weighted by Gasteiger charge is -2.59. The molecule has 11 nitrogen and oxygen atoms in total. The van der Waals surface area contributed by atoms with Gasteiger partial charge in [0.1, 0.15) is 30.5 Å². The molecule has 3 aliphatic heterocycles. The van der Waals surface area contributed by atoms with Gasteiger partial charge >= 0.3 is 17.9 Å². The van der Waals surface area contributed by atoms with Crippen LogP contribution in [-0.4, -0.2) is 96.3 Å². The van der Waals surface area contributed by atoms with E-state index >= 15 is 0 Å². The number of allylic oxidation sites excluding steroid dienone is 2. The zero-order chi connectivity index (χ0) is 31.9. The Bertz CT molecular complexity index is 1200. The molecule has 3 heterocycles.